The van der Waals surface area contributed by atoms with Crippen LogP contribution in [0.4, 0.5) is 0 Å². The molecular weight excluding hydrogens is 306 g/mol. The first-order valence-electron chi connectivity index (χ1n) is 7.23. The Balaban J connectivity index is 1.72. The van der Waals surface area contributed by atoms with Crippen molar-refractivity contribution in [1.29, 1.82) is 5.26 Å². The van der Waals surface area contributed by atoms with Crippen molar-refractivity contribution < 1.29 is 4.74 Å². The molecule has 0 radical (unpaired) electrons. The zero-order chi connectivity index (χ0) is 16.1. The van der Waals surface area contributed by atoms with Gasteiger partial charge in [0.25, 0.3) is 0 Å². The Morgan fingerprint density at radius 1 is 0.870 bits per heavy atom. The molecule has 0 heterocycles. The highest BCUT2D eigenvalue weighted by Gasteiger charge is 2.04. The van der Waals surface area contributed by atoms with Crippen LogP contribution in [0.15, 0.2) is 72.8 Å². The van der Waals surface area contributed by atoms with Crippen LogP contribution in [0, 0.1) is 11.3 Å². The van der Waals surface area contributed by atoms with Gasteiger partial charge in [-0.1, -0.05) is 60.1 Å². The van der Waals surface area contributed by atoms with Crippen LogP contribution in [-0.2, 0) is 6.61 Å². The van der Waals surface area contributed by atoms with E-state index in [0.717, 1.165) is 22.4 Å². The van der Waals surface area contributed by atoms with Crippen LogP contribution in [0.25, 0.3) is 11.1 Å². The van der Waals surface area contributed by atoms with E-state index in [9.17, 15) is 0 Å². The van der Waals surface area contributed by atoms with E-state index in [-0.39, 0.29) is 0 Å². The minimum Gasteiger partial charge on any atom is -0.489 e. The monoisotopic (exact) mass is 319 g/mol. The molecule has 3 heteroatoms. The summed E-state index contributed by atoms with van der Waals surface area (Å²) in [5.74, 6) is 0.817. The van der Waals surface area contributed by atoms with E-state index in [4.69, 9.17) is 21.6 Å². The fraction of sp³-hybridized carbons (Fsp3) is 0.0500. The summed E-state index contributed by atoms with van der Waals surface area (Å²) in [4.78, 5) is 0. The molecule has 23 heavy (non-hydrogen) atoms. The predicted molar refractivity (Wildman–Crippen MR) is 92.4 cm³/mol. The van der Waals surface area contributed by atoms with Crippen molar-refractivity contribution in [3.8, 4) is 22.9 Å². The quantitative estimate of drug-likeness (QED) is 0.640. The first kappa shape index (κ1) is 15.1. The molecule has 0 atom stereocenters. The molecule has 0 aromatic heterocycles. The van der Waals surface area contributed by atoms with Crippen LogP contribution < -0.4 is 4.74 Å². The van der Waals surface area contributed by atoms with Gasteiger partial charge in [-0.2, -0.15) is 5.26 Å². The van der Waals surface area contributed by atoms with Crippen LogP contribution in [0.1, 0.15) is 11.1 Å². The molecule has 112 valence electrons. The average molecular weight is 320 g/mol. The predicted octanol–water partition coefficient (Wildman–Crippen LogP) is 5.46. The summed E-state index contributed by atoms with van der Waals surface area (Å²) in [5, 5.41) is 9.39. The van der Waals surface area contributed by atoms with Gasteiger partial charge in [-0.25, -0.2) is 0 Å². The lowest BCUT2D eigenvalue weighted by molar-refractivity contribution is 0.306. The lowest BCUT2D eigenvalue weighted by Gasteiger charge is -2.08. The maximum Gasteiger partial charge on any atom is 0.119 e. The highest BCUT2D eigenvalue weighted by atomic mass is 35.5. The smallest absolute Gasteiger partial charge is 0.119 e. The largest absolute Gasteiger partial charge is 0.489 e. The molecule has 0 spiro atoms. The second-order valence-electron chi connectivity index (χ2n) is 5.11. The average Bonchev–Trinajstić information content (AvgIpc) is 2.61. The van der Waals surface area contributed by atoms with Gasteiger partial charge in [-0.3, -0.25) is 0 Å². The van der Waals surface area contributed by atoms with Gasteiger partial charge in [0.1, 0.15) is 18.4 Å². The Hall–Kier alpha value is -2.76. The van der Waals surface area contributed by atoms with Crippen LogP contribution in [0.2, 0.25) is 5.02 Å². The molecule has 2 nitrogen and oxygen atoms in total. The van der Waals surface area contributed by atoms with E-state index < -0.39 is 0 Å². The van der Waals surface area contributed by atoms with E-state index >= 15 is 0 Å². The number of nitriles is 1. The molecule has 0 saturated carbocycles. The van der Waals surface area contributed by atoms with Crippen molar-refractivity contribution in [2.45, 2.75) is 6.61 Å². The minimum atomic E-state index is 0.467. The molecule has 3 aromatic rings. The highest BCUT2D eigenvalue weighted by molar-refractivity contribution is 6.32. The molecule has 0 N–H and O–H groups in total. The summed E-state index contributed by atoms with van der Waals surface area (Å²) in [6.45, 7) is 0.545. The highest BCUT2D eigenvalue weighted by Crippen LogP contribution is 2.27. The van der Waals surface area contributed by atoms with Crippen molar-refractivity contribution in [2.24, 2.45) is 0 Å². The molecule has 0 unspecified atom stereocenters. The summed E-state index contributed by atoms with van der Waals surface area (Å²) in [6, 6.07) is 25.4. The Bertz CT molecular complexity index is 836. The minimum absolute atomic E-state index is 0.467. The fourth-order valence-electron chi connectivity index (χ4n) is 2.27. The van der Waals surface area contributed by atoms with E-state index in [2.05, 4.69) is 6.07 Å². The summed E-state index contributed by atoms with van der Waals surface area (Å²) >= 11 is 6.08. The third kappa shape index (κ3) is 3.71. The number of rotatable bonds is 4. The van der Waals surface area contributed by atoms with Gasteiger partial charge in [-0.05, 0) is 41.0 Å². The van der Waals surface area contributed by atoms with Crippen LogP contribution in [0.5, 0.6) is 5.75 Å². The maximum absolute atomic E-state index is 8.92. The van der Waals surface area contributed by atoms with Gasteiger partial charge < -0.3 is 4.74 Å². The van der Waals surface area contributed by atoms with Gasteiger partial charge in [0.15, 0.2) is 0 Å². The second kappa shape index (κ2) is 7.00. The van der Waals surface area contributed by atoms with E-state index in [1.165, 1.54) is 0 Å². The van der Waals surface area contributed by atoms with E-state index in [1.54, 1.807) is 12.1 Å². The molecule has 0 fully saturated rings. The van der Waals surface area contributed by atoms with Gasteiger partial charge in [-0.15, -0.1) is 0 Å². The first-order chi connectivity index (χ1) is 11.3. The number of benzene rings is 3. The number of ether oxygens (including phenoxy) is 1. The maximum atomic E-state index is 8.92. The van der Waals surface area contributed by atoms with Gasteiger partial charge in [0, 0.05) is 0 Å². The Morgan fingerprint density at radius 2 is 1.57 bits per heavy atom. The van der Waals surface area contributed by atoms with Crippen LogP contribution in [-0.4, -0.2) is 0 Å². The number of hydrogen-bond acceptors (Lipinski definition) is 2. The zero-order valence-electron chi connectivity index (χ0n) is 12.4. The Labute approximate surface area is 140 Å². The lowest BCUT2D eigenvalue weighted by Crippen LogP contribution is -1.94. The standard InChI is InChI=1S/C20H14ClNO/c21-20-12-17(6-7-18(20)13-22)16-8-10-19(11-9-16)23-14-15-4-2-1-3-5-15/h1-12H,14H2. The second-order valence-corrected chi connectivity index (χ2v) is 5.51. The topological polar surface area (TPSA) is 33.0 Å². The van der Waals surface area contributed by atoms with Crippen LogP contribution >= 0.6 is 11.6 Å². The number of nitrogens with zero attached hydrogens (tertiary/aromatic N) is 1. The third-order valence-electron chi connectivity index (χ3n) is 3.53. The van der Waals surface area contributed by atoms with Crippen molar-refractivity contribution in [1.82, 2.24) is 0 Å². The van der Waals surface area contributed by atoms with Gasteiger partial charge >= 0.3 is 0 Å². The SMILES string of the molecule is N#Cc1ccc(-c2ccc(OCc3ccccc3)cc2)cc1Cl. The van der Waals surface area contributed by atoms with E-state index in [0.29, 0.717) is 17.2 Å². The molecule has 0 saturated heterocycles. The molecule has 3 aromatic carbocycles. The Kier molecular flexibility index (Phi) is 4.61. The van der Waals surface area contributed by atoms with Crippen molar-refractivity contribution in [3.63, 3.8) is 0 Å². The van der Waals surface area contributed by atoms with Gasteiger partial charge in [0.05, 0.1) is 10.6 Å². The molecular formula is C20H14ClNO. The Morgan fingerprint density at radius 3 is 2.22 bits per heavy atom. The molecule has 0 aliphatic heterocycles. The molecule has 0 bridgehead atoms. The molecule has 0 aliphatic carbocycles. The summed E-state index contributed by atoms with van der Waals surface area (Å²) in [6.07, 6.45) is 0. The lowest BCUT2D eigenvalue weighted by atomic mass is 10.0. The zero-order valence-corrected chi connectivity index (χ0v) is 13.1. The first-order valence-corrected chi connectivity index (χ1v) is 7.61. The fourth-order valence-corrected chi connectivity index (χ4v) is 2.49. The van der Waals surface area contributed by atoms with E-state index in [1.807, 2.05) is 60.7 Å². The summed E-state index contributed by atoms with van der Waals surface area (Å²) in [5.41, 5.74) is 3.63. The molecule has 3 rings (SSSR count). The number of hydrogen-bond donors (Lipinski definition) is 0. The molecule has 0 aliphatic rings. The normalized spacial score (nSPS) is 10.1. The molecule has 0 amide bonds. The third-order valence-corrected chi connectivity index (χ3v) is 3.84. The summed E-state index contributed by atoms with van der Waals surface area (Å²) in [7, 11) is 0. The summed E-state index contributed by atoms with van der Waals surface area (Å²) < 4.78 is 5.77. The van der Waals surface area contributed by atoms with Gasteiger partial charge in [0.2, 0.25) is 0 Å². The van der Waals surface area contributed by atoms with Crippen molar-refractivity contribution in [2.75, 3.05) is 0 Å². The van der Waals surface area contributed by atoms with Crippen molar-refractivity contribution in [3.05, 3.63) is 88.9 Å². The van der Waals surface area contributed by atoms with Crippen LogP contribution in [0.3, 0.4) is 0 Å². The van der Waals surface area contributed by atoms with Crippen molar-refractivity contribution >= 4 is 11.6 Å². The number of halogens is 1.